The molecular formula is C25H33N3O2. The number of rotatable bonds is 6. The molecular weight excluding hydrogens is 374 g/mol. The molecule has 160 valence electrons. The fourth-order valence-electron chi connectivity index (χ4n) is 4.51. The first-order valence-corrected chi connectivity index (χ1v) is 11.3. The largest absolute Gasteiger partial charge is 0.492 e. The van der Waals surface area contributed by atoms with Crippen molar-refractivity contribution in [3.8, 4) is 5.75 Å². The Kier molecular flexibility index (Phi) is 7.00. The van der Waals surface area contributed by atoms with Crippen LogP contribution < -0.4 is 4.74 Å². The van der Waals surface area contributed by atoms with Crippen molar-refractivity contribution >= 4 is 5.91 Å². The van der Waals surface area contributed by atoms with Gasteiger partial charge in [-0.25, -0.2) is 0 Å². The maximum Gasteiger partial charge on any atom is 0.257 e. The van der Waals surface area contributed by atoms with Gasteiger partial charge >= 0.3 is 0 Å². The molecule has 5 nitrogen and oxygen atoms in total. The highest BCUT2D eigenvalue weighted by molar-refractivity contribution is 5.97. The van der Waals surface area contributed by atoms with Gasteiger partial charge in [0.15, 0.2) is 0 Å². The van der Waals surface area contributed by atoms with Gasteiger partial charge in [-0.05, 0) is 62.4 Å². The molecule has 0 saturated carbocycles. The number of benzene rings is 1. The Morgan fingerprint density at radius 2 is 1.87 bits per heavy atom. The predicted molar refractivity (Wildman–Crippen MR) is 118 cm³/mol. The van der Waals surface area contributed by atoms with Crippen molar-refractivity contribution in [2.45, 2.75) is 39.2 Å². The summed E-state index contributed by atoms with van der Waals surface area (Å²) in [6, 6.07) is 13.8. The van der Waals surface area contributed by atoms with E-state index < -0.39 is 0 Å². The summed E-state index contributed by atoms with van der Waals surface area (Å²) in [5.41, 5.74) is 1.82. The monoisotopic (exact) mass is 407 g/mol. The average molecular weight is 408 g/mol. The summed E-state index contributed by atoms with van der Waals surface area (Å²) in [6.07, 6.45) is 6.37. The first kappa shape index (κ1) is 20.9. The van der Waals surface area contributed by atoms with Gasteiger partial charge < -0.3 is 9.64 Å². The Morgan fingerprint density at radius 1 is 1.07 bits per heavy atom. The summed E-state index contributed by atoms with van der Waals surface area (Å²) in [5, 5.41) is 0. The van der Waals surface area contributed by atoms with Crippen molar-refractivity contribution in [3.05, 3.63) is 59.9 Å². The van der Waals surface area contributed by atoms with E-state index in [1.54, 1.807) is 0 Å². The van der Waals surface area contributed by atoms with Crippen molar-refractivity contribution in [3.63, 3.8) is 0 Å². The Balaban J connectivity index is 1.34. The Bertz CT molecular complexity index is 818. The molecule has 4 rings (SSSR count). The number of likely N-dealkylation sites (tertiary alicyclic amines) is 2. The van der Waals surface area contributed by atoms with Crippen molar-refractivity contribution in [1.29, 1.82) is 0 Å². The molecule has 0 radical (unpaired) electrons. The summed E-state index contributed by atoms with van der Waals surface area (Å²) in [7, 11) is 0. The highest BCUT2D eigenvalue weighted by Crippen LogP contribution is 2.25. The number of pyridine rings is 1. The van der Waals surface area contributed by atoms with E-state index in [0.29, 0.717) is 24.0 Å². The zero-order valence-electron chi connectivity index (χ0n) is 18.0. The number of ether oxygens (including phenoxy) is 1. The van der Waals surface area contributed by atoms with Crippen LogP contribution in [0.15, 0.2) is 48.7 Å². The molecule has 30 heavy (non-hydrogen) atoms. The van der Waals surface area contributed by atoms with Crippen molar-refractivity contribution in [2.24, 2.45) is 11.8 Å². The van der Waals surface area contributed by atoms with Crippen molar-refractivity contribution in [1.82, 2.24) is 14.8 Å². The van der Waals surface area contributed by atoms with Crippen LogP contribution in [-0.2, 0) is 6.54 Å². The highest BCUT2D eigenvalue weighted by Gasteiger charge is 2.25. The van der Waals surface area contributed by atoms with Crippen molar-refractivity contribution in [2.75, 3.05) is 32.8 Å². The van der Waals surface area contributed by atoms with Gasteiger partial charge in [-0.1, -0.05) is 25.1 Å². The molecule has 3 heterocycles. The minimum Gasteiger partial charge on any atom is -0.492 e. The number of nitrogens with zero attached hydrogens (tertiary/aromatic N) is 3. The van der Waals surface area contributed by atoms with E-state index in [1.165, 1.54) is 12.8 Å². The first-order chi connectivity index (χ1) is 14.7. The first-order valence-electron chi connectivity index (χ1n) is 11.3. The summed E-state index contributed by atoms with van der Waals surface area (Å²) >= 11 is 0. The van der Waals surface area contributed by atoms with E-state index in [9.17, 15) is 4.79 Å². The van der Waals surface area contributed by atoms with Gasteiger partial charge in [-0.2, -0.15) is 0 Å². The van der Waals surface area contributed by atoms with E-state index in [1.807, 2.05) is 47.5 Å². The molecule has 2 saturated heterocycles. The van der Waals surface area contributed by atoms with Gasteiger partial charge in [0.25, 0.3) is 5.91 Å². The third kappa shape index (κ3) is 5.39. The van der Waals surface area contributed by atoms with Gasteiger partial charge in [-0.3, -0.25) is 14.7 Å². The summed E-state index contributed by atoms with van der Waals surface area (Å²) < 4.78 is 6.22. The number of carbonyl (C=O) groups excluding carboxylic acids is 1. The molecule has 1 atom stereocenters. The molecule has 2 fully saturated rings. The van der Waals surface area contributed by atoms with Gasteiger partial charge in [0, 0.05) is 38.3 Å². The molecule has 2 aliphatic heterocycles. The molecule has 1 aromatic carbocycles. The van der Waals surface area contributed by atoms with Crippen LogP contribution in [-0.4, -0.2) is 53.5 Å². The molecule has 0 N–H and O–H groups in total. The molecule has 0 aliphatic carbocycles. The lowest BCUT2D eigenvalue weighted by Gasteiger charge is -2.33. The summed E-state index contributed by atoms with van der Waals surface area (Å²) in [6.45, 7) is 7.62. The quantitative estimate of drug-likeness (QED) is 0.718. The molecule has 1 aromatic heterocycles. The maximum atomic E-state index is 13.1. The smallest absolute Gasteiger partial charge is 0.257 e. The van der Waals surface area contributed by atoms with Crippen LogP contribution in [0.2, 0.25) is 0 Å². The minimum absolute atomic E-state index is 0.109. The number of para-hydroxylation sites is 1. The molecule has 1 amide bonds. The van der Waals surface area contributed by atoms with Gasteiger partial charge in [0.2, 0.25) is 0 Å². The lowest BCUT2D eigenvalue weighted by Crippen LogP contribution is -2.38. The number of carbonyl (C=O) groups is 1. The van der Waals surface area contributed by atoms with Crippen LogP contribution in [0, 0.1) is 11.8 Å². The fourth-order valence-corrected chi connectivity index (χ4v) is 4.51. The van der Waals surface area contributed by atoms with Crippen molar-refractivity contribution < 1.29 is 9.53 Å². The van der Waals surface area contributed by atoms with Crippen LogP contribution in [0.4, 0.5) is 0 Å². The molecule has 2 aromatic rings. The number of hydrogen-bond donors (Lipinski definition) is 0. The molecule has 0 bridgehead atoms. The Morgan fingerprint density at radius 3 is 2.67 bits per heavy atom. The number of piperidine rings is 2. The third-order valence-electron chi connectivity index (χ3n) is 6.38. The second kappa shape index (κ2) is 10.1. The standard InChI is InChI=1S/C25H33N3O2/c1-20-11-15-28(16-12-20)25(29)23-9-2-3-10-24(23)30-19-21-7-6-14-27(17-21)18-22-8-4-5-13-26-22/h2-5,8-10,13,20-21H,6-7,11-12,14-19H2,1H3. The SMILES string of the molecule is CC1CCN(C(=O)c2ccccc2OCC2CCCN(Cc3ccccn3)C2)CC1. The Labute approximate surface area is 180 Å². The molecule has 2 aliphatic rings. The number of aromatic nitrogens is 1. The van der Waals surface area contributed by atoms with Gasteiger partial charge in [0.05, 0.1) is 17.9 Å². The van der Waals surface area contributed by atoms with E-state index >= 15 is 0 Å². The van der Waals surface area contributed by atoms with Crippen LogP contribution >= 0.6 is 0 Å². The highest BCUT2D eigenvalue weighted by atomic mass is 16.5. The van der Waals surface area contributed by atoms with Crippen LogP contribution in [0.5, 0.6) is 5.75 Å². The van der Waals surface area contributed by atoms with Crippen LogP contribution in [0.1, 0.15) is 48.7 Å². The van der Waals surface area contributed by atoms with Gasteiger partial charge in [0.1, 0.15) is 5.75 Å². The number of hydrogen-bond acceptors (Lipinski definition) is 4. The van der Waals surface area contributed by atoms with E-state index in [2.05, 4.69) is 22.9 Å². The number of amides is 1. The third-order valence-corrected chi connectivity index (χ3v) is 6.38. The van der Waals surface area contributed by atoms with E-state index in [4.69, 9.17) is 4.74 Å². The second-order valence-electron chi connectivity index (χ2n) is 8.85. The Hall–Kier alpha value is -2.40. The van der Waals surface area contributed by atoms with Crippen LogP contribution in [0.3, 0.4) is 0 Å². The van der Waals surface area contributed by atoms with E-state index in [0.717, 1.165) is 57.0 Å². The minimum atomic E-state index is 0.109. The molecule has 1 unspecified atom stereocenters. The van der Waals surface area contributed by atoms with Crippen LogP contribution in [0.25, 0.3) is 0 Å². The predicted octanol–water partition coefficient (Wildman–Crippen LogP) is 4.24. The van der Waals surface area contributed by atoms with E-state index in [-0.39, 0.29) is 5.91 Å². The zero-order chi connectivity index (χ0) is 20.8. The normalized spacial score (nSPS) is 20.8. The second-order valence-corrected chi connectivity index (χ2v) is 8.85. The fraction of sp³-hybridized carbons (Fsp3) is 0.520. The zero-order valence-corrected chi connectivity index (χ0v) is 18.0. The lowest BCUT2D eigenvalue weighted by atomic mass is 9.98. The van der Waals surface area contributed by atoms with Gasteiger partial charge in [-0.15, -0.1) is 0 Å². The summed E-state index contributed by atoms with van der Waals surface area (Å²) in [4.78, 5) is 22.0. The summed E-state index contributed by atoms with van der Waals surface area (Å²) in [5.74, 6) is 2.02. The maximum absolute atomic E-state index is 13.1. The average Bonchev–Trinajstić information content (AvgIpc) is 2.79. The lowest BCUT2D eigenvalue weighted by molar-refractivity contribution is 0.0689. The topological polar surface area (TPSA) is 45.7 Å². The molecule has 0 spiro atoms. The molecule has 5 heteroatoms.